The van der Waals surface area contributed by atoms with Gasteiger partial charge in [-0.15, -0.1) is 0 Å². The Morgan fingerprint density at radius 1 is 0.591 bits per heavy atom. The van der Waals surface area contributed by atoms with E-state index < -0.39 is 0 Å². The predicted octanol–water partition coefficient (Wildman–Crippen LogP) is 11.2. The number of aryl methyl sites for hydroxylation is 1. The fourth-order valence-corrected chi connectivity index (χ4v) is 6.46. The summed E-state index contributed by atoms with van der Waals surface area (Å²) in [4.78, 5) is 4.89. The molecule has 0 aliphatic heterocycles. The zero-order valence-electron chi connectivity index (χ0n) is 25.2. The minimum atomic E-state index is 0.855. The smallest absolute Gasteiger partial charge is 0.113 e. The van der Waals surface area contributed by atoms with Gasteiger partial charge < -0.3 is 4.57 Å². The highest BCUT2D eigenvalue weighted by molar-refractivity contribution is 6.21. The number of fused-ring (bicyclic) bond motifs is 2. The number of allylic oxidation sites excluding steroid dienone is 2. The lowest BCUT2D eigenvalue weighted by Gasteiger charge is -2.18. The molecule has 0 fully saturated rings. The SMILES string of the molecule is C=C/C=C\c1nc(CC)n(-c2ccc(-c3c4ccccc4c(-c4ccc(-c5ccccc5)cc4)c4ccccc34)cc2)c1C. The monoisotopic (exact) mass is 566 g/mol. The van der Waals surface area contributed by atoms with Gasteiger partial charge in [-0.25, -0.2) is 4.98 Å². The molecule has 2 nitrogen and oxygen atoms in total. The number of hydrogen-bond acceptors (Lipinski definition) is 1. The van der Waals surface area contributed by atoms with Crippen molar-refractivity contribution in [3.8, 4) is 39.1 Å². The van der Waals surface area contributed by atoms with Gasteiger partial charge in [-0.2, -0.15) is 0 Å². The maximum atomic E-state index is 4.89. The fraction of sp³-hybridized carbons (Fsp3) is 0.0714. The number of benzene rings is 6. The van der Waals surface area contributed by atoms with E-state index in [4.69, 9.17) is 4.98 Å². The summed E-state index contributed by atoms with van der Waals surface area (Å²) in [5, 5.41) is 5.03. The number of rotatable bonds is 7. The van der Waals surface area contributed by atoms with Crippen LogP contribution in [0, 0.1) is 6.92 Å². The first-order valence-electron chi connectivity index (χ1n) is 15.3. The number of imidazole rings is 1. The summed E-state index contributed by atoms with van der Waals surface area (Å²) in [5.74, 6) is 1.05. The Labute approximate surface area is 259 Å². The number of nitrogens with zero attached hydrogens (tertiary/aromatic N) is 2. The van der Waals surface area contributed by atoms with Gasteiger partial charge in [-0.3, -0.25) is 0 Å². The summed E-state index contributed by atoms with van der Waals surface area (Å²) in [5.41, 5.74) is 10.7. The first kappa shape index (κ1) is 27.4. The van der Waals surface area contributed by atoms with Gasteiger partial charge >= 0.3 is 0 Å². The van der Waals surface area contributed by atoms with Crippen molar-refractivity contribution >= 4 is 27.6 Å². The normalized spacial score (nSPS) is 11.5. The molecule has 0 saturated heterocycles. The Balaban J connectivity index is 1.38. The number of aromatic nitrogens is 2. The van der Waals surface area contributed by atoms with Crippen molar-refractivity contribution in [2.24, 2.45) is 0 Å². The Kier molecular flexibility index (Phi) is 7.25. The minimum absolute atomic E-state index is 0.855. The average Bonchev–Trinajstić information content (AvgIpc) is 3.41. The Morgan fingerprint density at radius 2 is 1.05 bits per heavy atom. The molecule has 1 heterocycles. The van der Waals surface area contributed by atoms with Crippen molar-refractivity contribution in [3.63, 3.8) is 0 Å². The zero-order chi connectivity index (χ0) is 30.0. The highest BCUT2D eigenvalue weighted by Crippen LogP contribution is 2.44. The standard InChI is InChI=1S/C42H34N2/c1-4-6-20-39-29(3)44(40(5-2)43-39)34-27-25-33(26-28-34)42-37-18-12-10-16-35(37)41(36-17-11-13-19-38(36)42)32-23-21-31(22-24-32)30-14-8-7-9-15-30/h4,6-28H,1,5H2,2-3H3/b20-6-. The summed E-state index contributed by atoms with van der Waals surface area (Å²) in [6.45, 7) is 8.10. The molecule has 0 radical (unpaired) electrons. The predicted molar refractivity (Wildman–Crippen MR) is 188 cm³/mol. The molecule has 0 N–H and O–H groups in total. The van der Waals surface area contributed by atoms with Crippen LogP contribution in [0.4, 0.5) is 0 Å². The molecule has 0 aliphatic rings. The molecule has 7 aromatic rings. The van der Waals surface area contributed by atoms with Gasteiger partial charge in [0.2, 0.25) is 0 Å². The maximum Gasteiger partial charge on any atom is 0.113 e. The summed E-state index contributed by atoms with van der Waals surface area (Å²) >= 11 is 0. The molecule has 2 heteroatoms. The highest BCUT2D eigenvalue weighted by Gasteiger charge is 2.17. The minimum Gasteiger partial charge on any atom is -0.300 e. The third-order valence-corrected chi connectivity index (χ3v) is 8.55. The Bertz CT molecular complexity index is 2090. The second-order valence-corrected chi connectivity index (χ2v) is 11.1. The van der Waals surface area contributed by atoms with Crippen molar-refractivity contribution in [3.05, 3.63) is 163 Å². The van der Waals surface area contributed by atoms with E-state index in [1.54, 1.807) is 6.08 Å². The fourth-order valence-electron chi connectivity index (χ4n) is 6.46. The van der Waals surface area contributed by atoms with Crippen molar-refractivity contribution < 1.29 is 0 Å². The van der Waals surface area contributed by atoms with Crippen LogP contribution in [0.15, 0.2) is 146 Å². The average molecular weight is 567 g/mol. The van der Waals surface area contributed by atoms with Crippen LogP contribution in [-0.4, -0.2) is 9.55 Å². The largest absolute Gasteiger partial charge is 0.300 e. The Hall–Kier alpha value is -5.47. The molecule has 7 rings (SSSR count). The summed E-state index contributed by atoms with van der Waals surface area (Å²) in [7, 11) is 0. The quantitative estimate of drug-likeness (QED) is 0.139. The van der Waals surface area contributed by atoms with Crippen molar-refractivity contribution in [2.45, 2.75) is 20.3 Å². The van der Waals surface area contributed by atoms with E-state index >= 15 is 0 Å². The van der Waals surface area contributed by atoms with Gasteiger partial charge in [0, 0.05) is 17.8 Å². The molecule has 6 aromatic carbocycles. The van der Waals surface area contributed by atoms with E-state index in [9.17, 15) is 0 Å². The molecule has 1 aromatic heterocycles. The van der Waals surface area contributed by atoms with Crippen LogP contribution in [0.5, 0.6) is 0 Å². The van der Waals surface area contributed by atoms with Crippen molar-refractivity contribution in [1.82, 2.24) is 9.55 Å². The van der Waals surface area contributed by atoms with Crippen LogP contribution in [-0.2, 0) is 6.42 Å². The molecule has 0 saturated carbocycles. The van der Waals surface area contributed by atoms with Gasteiger partial charge in [0.05, 0.1) is 5.69 Å². The second kappa shape index (κ2) is 11.7. The maximum absolute atomic E-state index is 4.89. The molecular weight excluding hydrogens is 532 g/mol. The van der Waals surface area contributed by atoms with E-state index in [2.05, 4.69) is 152 Å². The van der Waals surface area contributed by atoms with E-state index in [0.29, 0.717) is 0 Å². The van der Waals surface area contributed by atoms with Crippen LogP contribution in [0.3, 0.4) is 0 Å². The third kappa shape index (κ3) is 4.75. The topological polar surface area (TPSA) is 17.8 Å². The van der Waals surface area contributed by atoms with Gasteiger partial charge in [0.15, 0.2) is 0 Å². The molecule has 0 unspecified atom stereocenters. The van der Waals surface area contributed by atoms with Crippen molar-refractivity contribution in [1.29, 1.82) is 0 Å². The summed E-state index contributed by atoms with van der Waals surface area (Å²) in [6.07, 6.45) is 6.62. The summed E-state index contributed by atoms with van der Waals surface area (Å²) in [6, 6.07) is 46.2. The van der Waals surface area contributed by atoms with Crippen LogP contribution < -0.4 is 0 Å². The second-order valence-electron chi connectivity index (χ2n) is 11.1. The number of hydrogen-bond donors (Lipinski definition) is 0. The van der Waals surface area contributed by atoms with E-state index in [0.717, 1.165) is 29.3 Å². The van der Waals surface area contributed by atoms with Crippen molar-refractivity contribution in [2.75, 3.05) is 0 Å². The van der Waals surface area contributed by atoms with E-state index in [1.807, 2.05) is 12.2 Å². The molecule has 0 atom stereocenters. The van der Waals surface area contributed by atoms with Crippen LogP contribution >= 0.6 is 0 Å². The third-order valence-electron chi connectivity index (χ3n) is 8.55. The molecule has 0 aliphatic carbocycles. The highest BCUT2D eigenvalue weighted by atomic mass is 15.1. The molecular formula is C42H34N2. The lowest BCUT2D eigenvalue weighted by Crippen LogP contribution is -2.02. The zero-order valence-corrected chi connectivity index (χ0v) is 25.2. The van der Waals surface area contributed by atoms with Gasteiger partial charge in [-0.05, 0) is 80.1 Å². The first-order valence-corrected chi connectivity index (χ1v) is 15.3. The van der Waals surface area contributed by atoms with Crippen LogP contribution in [0.25, 0.3) is 66.7 Å². The first-order chi connectivity index (χ1) is 21.7. The summed E-state index contributed by atoms with van der Waals surface area (Å²) < 4.78 is 2.27. The molecule has 0 amide bonds. The molecule has 44 heavy (non-hydrogen) atoms. The Morgan fingerprint density at radius 3 is 1.55 bits per heavy atom. The van der Waals surface area contributed by atoms with E-state index in [-0.39, 0.29) is 0 Å². The molecule has 0 spiro atoms. The molecule has 212 valence electrons. The lowest BCUT2D eigenvalue weighted by atomic mass is 9.85. The van der Waals surface area contributed by atoms with Gasteiger partial charge in [-0.1, -0.05) is 141 Å². The van der Waals surface area contributed by atoms with Gasteiger partial charge in [0.1, 0.15) is 5.82 Å². The molecule has 0 bridgehead atoms. The van der Waals surface area contributed by atoms with Gasteiger partial charge in [0.25, 0.3) is 0 Å². The van der Waals surface area contributed by atoms with Crippen LogP contribution in [0.1, 0.15) is 24.1 Å². The lowest BCUT2D eigenvalue weighted by molar-refractivity contribution is 0.872. The van der Waals surface area contributed by atoms with E-state index in [1.165, 1.54) is 54.9 Å². The van der Waals surface area contributed by atoms with Crippen LogP contribution in [0.2, 0.25) is 0 Å².